The molecule has 106 valence electrons. The molecule has 0 fully saturated rings. The van der Waals surface area contributed by atoms with Crippen LogP contribution in [0.3, 0.4) is 0 Å². The van der Waals surface area contributed by atoms with Crippen molar-refractivity contribution in [2.24, 2.45) is 17.3 Å². The Hall–Kier alpha value is -1.06. The molecule has 3 atom stereocenters. The van der Waals surface area contributed by atoms with Gasteiger partial charge in [-0.1, -0.05) is 48.0 Å². The molecule has 4 nitrogen and oxygen atoms in total. The lowest BCUT2D eigenvalue weighted by atomic mass is 9.80. The summed E-state index contributed by atoms with van der Waals surface area (Å²) in [5.41, 5.74) is 0.0480. The molecule has 0 aliphatic rings. The number of carbonyl (C=O) groups is 2. The quantitative estimate of drug-likeness (QED) is 0.768. The lowest BCUT2D eigenvalue weighted by Crippen LogP contribution is -2.45. The van der Waals surface area contributed by atoms with Gasteiger partial charge in [0.25, 0.3) is 0 Å². The highest BCUT2D eigenvalue weighted by Gasteiger charge is 2.28. The topological polar surface area (TPSA) is 66.4 Å². The first-order valence-corrected chi connectivity index (χ1v) is 6.61. The van der Waals surface area contributed by atoms with Crippen molar-refractivity contribution in [3.63, 3.8) is 0 Å². The SMILES string of the molecule is CCC(C)[C@H](NC(=O)CC(C)C(C)(C)C)C(=O)O. The van der Waals surface area contributed by atoms with Gasteiger partial charge in [-0.15, -0.1) is 0 Å². The van der Waals surface area contributed by atoms with Gasteiger partial charge < -0.3 is 10.4 Å². The minimum absolute atomic E-state index is 0.0480. The van der Waals surface area contributed by atoms with Crippen LogP contribution < -0.4 is 5.32 Å². The van der Waals surface area contributed by atoms with E-state index in [0.29, 0.717) is 6.42 Å². The Bertz CT molecular complexity index is 294. The Morgan fingerprint density at radius 3 is 2.06 bits per heavy atom. The zero-order valence-corrected chi connectivity index (χ0v) is 12.4. The molecule has 0 saturated heterocycles. The Balaban J connectivity index is 4.49. The fourth-order valence-electron chi connectivity index (χ4n) is 1.50. The molecule has 0 aromatic carbocycles. The van der Waals surface area contributed by atoms with Gasteiger partial charge in [0.1, 0.15) is 6.04 Å². The Kier molecular flexibility index (Phi) is 6.36. The van der Waals surface area contributed by atoms with E-state index in [4.69, 9.17) is 5.11 Å². The smallest absolute Gasteiger partial charge is 0.326 e. The third-order valence-electron chi connectivity index (χ3n) is 3.77. The van der Waals surface area contributed by atoms with E-state index in [1.54, 1.807) is 0 Å². The summed E-state index contributed by atoms with van der Waals surface area (Å²) >= 11 is 0. The zero-order chi connectivity index (χ0) is 14.5. The average molecular weight is 257 g/mol. The van der Waals surface area contributed by atoms with Crippen molar-refractivity contribution in [1.82, 2.24) is 5.32 Å². The second-order valence-corrected chi connectivity index (χ2v) is 6.24. The van der Waals surface area contributed by atoms with Crippen LogP contribution in [0.1, 0.15) is 54.4 Å². The third kappa shape index (κ3) is 5.52. The monoisotopic (exact) mass is 257 g/mol. The number of nitrogens with one attached hydrogen (secondary N) is 1. The van der Waals surface area contributed by atoms with Crippen molar-refractivity contribution in [1.29, 1.82) is 0 Å². The highest BCUT2D eigenvalue weighted by molar-refractivity contribution is 5.83. The van der Waals surface area contributed by atoms with Gasteiger partial charge in [-0.3, -0.25) is 4.79 Å². The van der Waals surface area contributed by atoms with E-state index in [9.17, 15) is 9.59 Å². The summed E-state index contributed by atoms with van der Waals surface area (Å²) in [5.74, 6) is -0.980. The molecule has 0 heterocycles. The lowest BCUT2D eigenvalue weighted by molar-refractivity contribution is -0.143. The minimum atomic E-state index is -0.957. The van der Waals surface area contributed by atoms with Gasteiger partial charge in [-0.05, 0) is 17.3 Å². The maximum atomic E-state index is 11.9. The number of hydrogen-bond donors (Lipinski definition) is 2. The van der Waals surface area contributed by atoms with Crippen LogP contribution in [0.2, 0.25) is 0 Å². The van der Waals surface area contributed by atoms with Gasteiger partial charge in [0.15, 0.2) is 0 Å². The van der Waals surface area contributed by atoms with E-state index in [0.717, 1.165) is 6.42 Å². The normalized spacial score (nSPS) is 16.8. The molecule has 0 aliphatic carbocycles. The van der Waals surface area contributed by atoms with Crippen LogP contribution >= 0.6 is 0 Å². The van der Waals surface area contributed by atoms with Crippen molar-refractivity contribution in [3.8, 4) is 0 Å². The molecule has 1 amide bonds. The van der Waals surface area contributed by atoms with Crippen LogP contribution in [-0.4, -0.2) is 23.0 Å². The number of carboxylic acid groups (broad SMARTS) is 1. The summed E-state index contributed by atoms with van der Waals surface area (Å²) in [6.07, 6.45) is 1.09. The van der Waals surface area contributed by atoms with E-state index in [1.165, 1.54) is 0 Å². The van der Waals surface area contributed by atoms with Crippen molar-refractivity contribution >= 4 is 11.9 Å². The molecule has 0 radical (unpaired) electrons. The highest BCUT2D eigenvalue weighted by Crippen LogP contribution is 2.27. The number of carboxylic acids is 1. The molecule has 0 saturated carbocycles. The summed E-state index contributed by atoms with van der Waals surface area (Å²) in [7, 11) is 0. The first-order valence-electron chi connectivity index (χ1n) is 6.61. The van der Waals surface area contributed by atoms with Crippen LogP contribution in [-0.2, 0) is 9.59 Å². The maximum Gasteiger partial charge on any atom is 0.326 e. The molecule has 0 aliphatic heterocycles. The van der Waals surface area contributed by atoms with E-state index in [1.807, 2.05) is 20.8 Å². The van der Waals surface area contributed by atoms with Crippen molar-refractivity contribution in [2.45, 2.75) is 60.4 Å². The summed E-state index contributed by atoms with van der Waals surface area (Å²) < 4.78 is 0. The second-order valence-electron chi connectivity index (χ2n) is 6.24. The summed E-state index contributed by atoms with van der Waals surface area (Å²) in [6, 6.07) is -0.783. The van der Waals surface area contributed by atoms with Crippen LogP contribution in [0, 0.1) is 17.3 Å². The van der Waals surface area contributed by atoms with E-state index >= 15 is 0 Å². The number of hydrogen-bond acceptors (Lipinski definition) is 2. The molecule has 0 rings (SSSR count). The predicted octanol–water partition coefficient (Wildman–Crippen LogP) is 2.67. The van der Waals surface area contributed by atoms with Gasteiger partial charge in [0.2, 0.25) is 5.91 Å². The Labute approximate surface area is 110 Å². The van der Waals surface area contributed by atoms with E-state index < -0.39 is 12.0 Å². The standard InChI is InChI=1S/C14H27NO3/c1-7-9(2)12(13(17)18)15-11(16)8-10(3)14(4,5)6/h9-10,12H,7-8H2,1-6H3,(H,15,16)(H,17,18)/t9?,10?,12-/m0/s1. The second kappa shape index (κ2) is 6.76. The minimum Gasteiger partial charge on any atom is -0.480 e. The molecule has 4 heteroatoms. The Morgan fingerprint density at radius 1 is 1.22 bits per heavy atom. The maximum absolute atomic E-state index is 11.9. The summed E-state index contributed by atoms with van der Waals surface area (Å²) in [4.78, 5) is 23.0. The lowest BCUT2D eigenvalue weighted by Gasteiger charge is -2.28. The fraction of sp³-hybridized carbons (Fsp3) is 0.857. The summed E-state index contributed by atoms with van der Waals surface area (Å²) in [6.45, 7) is 12.0. The Morgan fingerprint density at radius 2 is 1.72 bits per heavy atom. The first kappa shape index (κ1) is 16.9. The molecule has 0 spiro atoms. The number of carbonyl (C=O) groups excluding carboxylic acids is 1. The number of rotatable bonds is 6. The molecule has 0 aromatic rings. The predicted molar refractivity (Wildman–Crippen MR) is 72.3 cm³/mol. The van der Waals surface area contributed by atoms with E-state index in [2.05, 4.69) is 26.1 Å². The van der Waals surface area contributed by atoms with Crippen LogP contribution in [0.25, 0.3) is 0 Å². The first-order chi connectivity index (χ1) is 8.09. The zero-order valence-electron chi connectivity index (χ0n) is 12.4. The van der Waals surface area contributed by atoms with Crippen LogP contribution in [0.15, 0.2) is 0 Å². The highest BCUT2D eigenvalue weighted by atomic mass is 16.4. The molecule has 2 unspecified atom stereocenters. The molecule has 0 aromatic heterocycles. The molecular weight excluding hydrogens is 230 g/mol. The summed E-state index contributed by atoms with van der Waals surface area (Å²) in [5, 5.41) is 11.7. The van der Waals surface area contributed by atoms with Gasteiger partial charge in [-0.2, -0.15) is 0 Å². The molecular formula is C14H27NO3. The van der Waals surface area contributed by atoms with Crippen LogP contribution in [0.4, 0.5) is 0 Å². The largest absolute Gasteiger partial charge is 0.480 e. The van der Waals surface area contributed by atoms with E-state index in [-0.39, 0.29) is 23.2 Å². The molecule has 18 heavy (non-hydrogen) atoms. The van der Waals surface area contributed by atoms with Crippen molar-refractivity contribution < 1.29 is 14.7 Å². The van der Waals surface area contributed by atoms with Gasteiger partial charge in [0.05, 0.1) is 0 Å². The number of aliphatic carboxylic acids is 1. The number of amides is 1. The third-order valence-corrected chi connectivity index (χ3v) is 3.77. The van der Waals surface area contributed by atoms with Crippen molar-refractivity contribution in [2.75, 3.05) is 0 Å². The van der Waals surface area contributed by atoms with Gasteiger partial charge in [-0.25, -0.2) is 4.79 Å². The fourth-order valence-corrected chi connectivity index (χ4v) is 1.50. The molecule has 0 bridgehead atoms. The van der Waals surface area contributed by atoms with Crippen molar-refractivity contribution in [3.05, 3.63) is 0 Å². The van der Waals surface area contributed by atoms with Gasteiger partial charge in [0, 0.05) is 6.42 Å². The van der Waals surface area contributed by atoms with Gasteiger partial charge >= 0.3 is 5.97 Å². The average Bonchev–Trinajstić information content (AvgIpc) is 2.23. The molecule has 2 N–H and O–H groups in total. The van der Waals surface area contributed by atoms with Crippen LogP contribution in [0.5, 0.6) is 0 Å².